The smallest absolute Gasteiger partial charge is 0.258 e. The van der Waals surface area contributed by atoms with Gasteiger partial charge in [0.2, 0.25) is 5.75 Å². The van der Waals surface area contributed by atoms with Crippen LogP contribution in [0.3, 0.4) is 0 Å². The summed E-state index contributed by atoms with van der Waals surface area (Å²) in [4.78, 5) is 31.6. The lowest BCUT2D eigenvalue weighted by Crippen LogP contribution is -2.33. The predicted molar refractivity (Wildman–Crippen MR) is 144 cm³/mol. The van der Waals surface area contributed by atoms with Crippen molar-refractivity contribution in [1.82, 2.24) is 4.98 Å². The van der Waals surface area contributed by atoms with E-state index in [-0.39, 0.29) is 18.0 Å². The quantitative estimate of drug-likeness (QED) is 0.364. The number of carbonyl (C=O) groups excluding carboxylic acids is 1. The van der Waals surface area contributed by atoms with Gasteiger partial charge in [-0.1, -0.05) is 12.1 Å². The van der Waals surface area contributed by atoms with Gasteiger partial charge in [0.15, 0.2) is 11.5 Å². The highest BCUT2D eigenvalue weighted by molar-refractivity contribution is 6.07. The summed E-state index contributed by atoms with van der Waals surface area (Å²) in [6.07, 6.45) is 0. The second-order valence-electron chi connectivity index (χ2n) is 8.60. The zero-order chi connectivity index (χ0) is 26.7. The number of pyridine rings is 1. The second-order valence-corrected chi connectivity index (χ2v) is 8.60. The van der Waals surface area contributed by atoms with Crippen LogP contribution in [0.5, 0.6) is 23.0 Å². The van der Waals surface area contributed by atoms with Crippen LogP contribution in [-0.2, 0) is 6.54 Å². The number of rotatable bonds is 8. The third-order valence-electron chi connectivity index (χ3n) is 6.48. The Bertz CT molecular complexity index is 1500. The lowest BCUT2D eigenvalue weighted by molar-refractivity contribution is 0.0984. The van der Waals surface area contributed by atoms with E-state index in [1.54, 1.807) is 42.3 Å². The van der Waals surface area contributed by atoms with Crippen LogP contribution in [0, 0.1) is 13.8 Å². The van der Waals surface area contributed by atoms with Crippen LogP contribution >= 0.6 is 0 Å². The topological polar surface area (TPSA) is 90.1 Å². The van der Waals surface area contributed by atoms with Crippen molar-refractivity contribution in [3.8, 4) is 23.0 Å². The number of methoxy groups -OCH3 is 4. The first-order valence-corrected chi connectivity index (χ1v) is 11.7. The molecule has 0 saturated carbocycles. The number of amides is 1. The van der Waals surface area contributed by atoms with Crippen LogP contribution in [0.4, 0.5) is 5.69 Å². The third kappa shape index (κ3) is 4.95. The van der Waals surface area contributed by atoms with Crippen LogP contribution in [0.1, 0.15) is 27.0 Å². The third-order valence-corrected chi connectivity index (χ3v) is 6.48. The zero-order valence-corrected chi connectivity index (χ0v) is 21.8. The Morgan fingerprint density at radius 1 is 0.865 bits per heavy atom. The van der Waals surface area contributed by atoms with E-state index in [9.17, 15) is 9.59 Å². The van der Waals surface area contributed by atoms with Gasteiger partial charge in [-0.25, -0.2) is 0 Å². The number of aromatic amines is 1. The lowest BCUT2D eigenvalue weighted by Gasteiger charge is -2.26. The fourth-order valence-corrected chi connectivity index (χ4v) is 4.30. The molecule has 8 heteroatoms. The largest absolute Gasteiger partial charge is 0.497 e. The van der Waals surface area contributed by atoms with E-state index < -0.39 is 0 Å². The van der Waals surface area contributed by atoms with Crippen molar-refractivity contribution in [3.05, 3.63) is 87.2 Å². The van der Waals surface area contributed by atoms with Crippen LogP contribution < -0.4 is 29.4 Å². The molecule has 4 rings (SSSR count). The summed E-state index contributed by atoms with van der Waals surface area (Å²) in [5.74, 6) is 1.46. The summed E-state index contributed by atoms with van der Waals surface area (Å²) in [5, 5.41) is 0.801. The minimum absolute atomic E-state index is 0.0439. The lowest BCUT2D eigenvalue weighted by atomic mass is 10.0. The predicted octanol–water partition coefficient (Wildman–Crippen LogP) is 5.03. The normalized spacial score (nSPS) is 10.8. The molecule has 0 bridgehead atoms. The molecule has 0 unspecified atom stereocenters. The molecule has 0 aliphatic rings. The number of ether oxygens (including phenoxy) is 4. The summed E-state index contributed by atoms with van der Waals surface area (Å²) in [5.41, 5.74) is 3.83. The number of hydrogen-bond acceptors (Lipinski definition) is 6. The molecule has 0 aliphatic carbocycles. The average Bonchev–Trinajstić information content (AvgIpc) is 2.92. The summed E-state index contributed by atoms with van der Waals surface area (Å²) < 4.78 is 21.7. The maximum atomic E-state index is 14.1. The molecular weight excluding hydrogens is 472 g/mol. The second kappa shape index (κ2) is 10.7. The van der Waals surface area contributed by atoms with E-state index >= 15 is 0 Å². The first kappa shape index (κ1) is 25.6. The van der Waals surface area contributed by atoms with E-state index in [0.29, 0.717) is 45.3 Å². The van der Waals surface area contributed by atoms with E-state index in [2.05, 4.69) is 4.98 Å². The van der Waals surface area contributed by atoms with Crippen LogP contribution in [-0.4, -0.2) is 39.3 Å². The Kier molecular flexibility index (Phi) is 7.38. The standard InChI is InChI=1S/C29H30N2O6/c1-17-8-7-9-24(18(17)2)31(29(33)20-14-25(35-4)27(37-6)26(15-20)36-5)16-21-12-19-13-22(34-3)10-11-23(19)30-28(21)32/h7-15H,16H2,1-6H3,(H,30,32). The van der Waals surface area contributed by atoms with Crippen LogP contribution in [0.15, 0.2) is 59.4 Å². The van der Waals surface area contributed by atoms with Gasteiger partial charge in [0.25, 0.3) is 11.5 Å². The van der Waals surface area contributed by atoms with Crippen LogP contribution in [0.25, 0.3) is 10.9 Å². The number of anilines is 1. The van der Waals surface area contributed by atoms with E-state index in [1.165, 1.54) is 21.3 Å². The summed E-state index contributed by atoms with van der Waals surface area (Å²) >= 11 is 0. The number of nitrogens with one attached hydrogen (secondary N) is 1. The number of nitrogens with zero attached hydrogens (tertiary/aromatic N) is 1. The molecule has 8 nitrogen and oxygen atoms in total. The molecular formula is C29H30N2O6. The minimum Gasteiger partial charge on any atom is -0.497 e. The van der Waals surface area contributed by atoms with Crippen molar-refractivity contribution in [1.29, 1.82) is 0 Å². The molecule has 3 aromatic carbocycles. The van der Waals surface area contributed by atoms with Crippen molar-refractivity contribution in [2.45, 2.75) is 20.4 Å². The molecule has 1 amide bonds. The molecule has 0 aliphatic heterocycles. The molecule has 1 N–H and O–H groups in total. The molecule has 0 saturated heterocycles. The van der Waals surface area contributed by atoms with E-state index in [1.807, 2.05) is 38.1 Å². The van der Waals surface area contributed by atoms with Gasteiger partial charge in [-0.05, 0) is 67.4 Å². The average molecular weight is 503 g/mol. The minimum atomic E-state index is -0.321. The Hall–Kier alpha value is -4.46. The summed E-state index contributed by atoms with van der Waals surface area (Å²) in [6.45, 7) is 3.98. The van der Waals surface area contributed by atoms with Crippen molar-refractivity contribution >= 4 is 22.5 Å². The zero-order valence-electron chi connectivity index (χ0n) is 21.8. The van der Waals surface area contributed by atoms with Gasteiger partial charge in [0.05, 0.1) is 35.0 Å². The molecule has 0 spiro atoms. The molecule has 1 heterocycles. The number of hydrogen-bond donors (Lipinski definition) is 1. The molecule has 192 valence electrons. The van der Waals surface area contributed by atoms with Crippen molar-refractivity contribution in [2.24, 2.45) is 0 Å². The molecule has 37 heavy (non-hydrogen) atoms. The fourth-order valence-electron chi connectivity index (χ4n) is 4.30. The van der Waals surface area contributed by atoms with Gasteiger partial charge in [-0.15, -0.1) is 0 Å². The van der Waals surface area contributed by atoms with E-state index in [4.69, 9.17) is 18.9 Å². The summed E-state index contributed by atoms with van der Waals surface area (Å²) in [6, 6.07) is 16.2. The SMILES string of the molecule is COc1ccc2[nH]c(=O)c(CN(C(=O)c3cc(OC)c(OC)c(OC)c3)c3cccc(C)c3C)cc2c1. The maximum absolute atomic E-state index is 14.1. The number of aryl methyl sites for hydroxylation is 1. The van der Waals surface area contributed by atoms with Gasteiger partial charge in [-0.2, -0.15) is 0 Å². The highest BCUT2D eigenvalue weighted by Gasteiger charge is 2.25. The fraction of sp³-hybridized carbons (Fsp3) is 0.241. The Morgan fingerprint density at radius 3 is 2.19 bits per heavy atom. The van der Waals surface area contributed by atoms with Gasteiger partial charge < -0.3 is 28.8 Å². The number of H-pyrrole nitrogens is 1. The van der Waals surface area contributed by atoms with Gasteiger partial charge >= 0.3 is 0 Å². The highest BCUT2D eigenvalue weighted by Crippen LogP contribution is 2.39. The Balaban J connectivity index is 1.87. The maximum Gasteiger partial charge on any atom is 0.258 e. The molecule has 4 aromatic rings. The Labute approximate surface area is 215 Å². The molecule has 0 fully saturated rings. The number of carbonyl (C=O) groups is 1. The van der Waals surface area contributed by atoms with Crippen molar-refractivity contribution < 1.29 is 23.7 Å². The molecule has 0 atom stereocenters. The van der Waals surface area contributed by atoms with Gasteiger partial charge in [0, 0.05) is 27.7 Å². The van der Waals surface area contributed by atoms with Gasteiger partial charge in [0.1, 0.15) is 5.75 Å². The van der Waals surface area contributed by atoms with Crippen molar-refractivity contribution in [2.75, 3.05) is 33.3 Å². The number of fused-ring (bicyclic) bond motifs is 1. The van der Waals surface area contributed by atoms with Gasteiger partial charge in [-0.3, -0.25) is 9.59 Å². The number of benzene rings is 3. The first-order chi connectivity index (χ1) is 17.8. The highest BCUT2D eigenvalue weighted by atomic mass is 16.5. The molecule has 0 radical (unpaired) electrons. The van der Waals surface area contributed by atoms with Crippen molar-refractivity contribution in [3.63, 3.8) is 0 Å². The van der Waals surface area contributed by atoms with E-state index in [0.717, 1.165) is 16.5 Å². The summed E-state index contributed by atoms with van der Waals surface area (Å²) in [7, 11) is 6.09. The number of aromatic nitrogens is 1. The monoisotopic (exact) mass is 502 g/mol. The van der Waals surface area contributed by atoms with Crippen LogP contribution in [0.2, 0.25) is 0 Å². The molecule has 1 aromatic heterocycles. The first-order valence-electron chi connectivity index (χ1n) is 11.7. The Morgan fingerprint density at radius 2 is 1.57 bits per heavy atom.